The number of fused-ring (bicyclic) bond motifs is 1. The first-order chi connectivity index (χ1) is 7.63. The highest BCUT2D eigenvalue weighted by molar-refractivity contribution is 5.87. The predicted octanol–water partition coefficient (Wildman–Crippen LogP) is -0.225. The zero-order chi connectivity index (χ0) is 11.7. The van der Waals surface area contributed by atoms with Crippen LogP contribution in [0, 0.1) is 0 Å². The second-order valence-electron chi connectivity index (χ2n) is 4.54. The fourth-order valence-electron chi connectivity index (χ4n) is 2.31. The van der Waals surface area contributed by atoms with Crippen molar-refractivity contribution in [3.63, 3.8) is 0 Å². The Labute approximate surface area is 95.8 Å². The second kappa shape index (κ2) is 4.41. The van der Waals surface area contributed by atoms with Gasteiger partial charge in [-0.15, -0.1) is 0 Å². The number of nitrogens with zero attached hydrogens (tertiary/aromatic N) is 2. The Morgan fingerprint density at radius 2 is 2.19 bits per heavy atom. The molecule has 2 saturated heterocycles. The van der Waals surface area contributed by atoms with Gasteiger partial charge in [0.2, 0.25) is 11.8 Å². The van der Waals surface area contributed by atoms with Gasteiger partial charge >= 0.3 is 0 Å². The van der Waals surface area contributed by atoms with E-state index < -0.39 is 0 Å². The van der Waals surface area contributed by atoms with Crippen LogP contribution in [0.5, 0.6) is 0 Å². The van der Waals surface area contributed by atoms with Gasteiger partial charge in [-0.2, -0.15) is 0 Å². The van der Waals surface area contributed by atoms with E-state index in [2.05, 4.69) is 19.2 Å². The van der Waals surface area contributed by atoms with E-state index in [-0.39, 0.29) is 30.6 Å². The topological polar surface area (TPSA) is 52.7 Å². The summed E-state index contributed by atoms with van der Waals surface area (Å²) in [6.07, 6.45) is 1.48. The van der Waals surface area contributed by atoms with Gasteiger partial charge in [0.1, 0.15) is 12.7 Å². The number of carbonyl (C=O) groups is 2. The Bertz CT molecular complexity index is 306. The maximum atomic E-state index is 11.9. The highest BCUT2D eigenvalue weighted by Crippen LogP contribution is 2.17. The molecule has 2 heterocycles. The molecule has 2 aliphatic heterocycles. The largest absolute Gasteiger partial charge is 0.335 e. The van der Waals surface area contributed by atoms with Crippen molar-refractivity contribution in [3.8, 4) is 0 Å². The van der Waals surface area contributed by atoms with Crippen molar-refractivity contribution in [1.29, 1.82) is 0 Å². The molecule has 5 nitrogen and oxygen atoms in total. The van der Waals surface area contributed by atoms with Crippen LogP contribution in [0.3, 0.4) is 0 Å². The van der Waals surface area contributed by atoms with Crippen LogP contribution in [0.25, 0.3) is 0 Å². The first-order valence-corrected chi connectivity index (χ1v) is 5.95. The van der Waals surface area contributed by atoms with Crippen LogP contribution in [-0.2, 0) is 9.59 Å². The lowest BCUT2D eigenvalue weighted by atomic mass is 10.1. The molecule has 1 N–H and O–H groups in total. The molecule has 0 aromatic carbocycles. The SMILES string of the molecule is CCC(C)N1CC2NCCC(=O)N2CC1=O. The van der Waals surface area contributed by atoms with E-state index in [1.54, 1.807) is 4.90 Å². The average Bonchev–Trinajstić information content (AvgIpc) is 2.29. The number of hydrogen-bond donors (Lipinski definition) is 1. The molecule has 2 rings (SSSR count). The third kappa shape index (κ3) is 1.91. The third-order valence-electron chi connectivity index (χ3n) is 3.53. The predicted molar refractivity (Wildman–Crippen MR) is 59.6 cm³/mol. The minimum absolute atomic E-state index is 0.0212. The molecule has 2 unspecified atom stereocenters. The van der Waals surface area contributed by atoms with E-state index in [9.17, 15) is 9.59 Å². The number of amides is 2. The summed E-state index contributed by atoms with van der Waals surface area (Å²) in [7, 11) is 0. The highest BCUT2D eigenvalue weighted by Gasteiger charge is 2.37. The quantitative estimate of drug-likeness (QED) is 0.706. The molecule has 90 valence electrons. The molecule has 2 fully saturated rings. The standard InChI is InChI=1S/C11H19N3O2/c1-3-8(2)13-6-9-12-5-4-10(15)14(9)7-11(13)16/h8-9,12H,3-7H2,1-2H3. The van der Waals surface area contributed by atoms with Gasteiger partial charge in [-0.1, -0.05) is 6.92 Å². The molecule has 2 atom stereocenters. The zero-order valence-electron chi connectivity index (χ0n) is 9.90. The minimum atomic E-state index is 0.0212. The molecule has 0 saturated carbocycles. The molecule has 0 aromatic heterocycles. The normalized spacial score (nSPS) is 28.0. The average molecular weight is 225 g/mol. The summed E-state index contributed by atoms with van der Waals surface area (Å²) in [5.41, 5.74) is 0. The smallest absolute Gasteiger partial charge is 0.242 e. The molecule has 0 aliphatic carbocycles. The molecule has 0 spiro atoms. The van der Waals surface area contributed by atoms with Gasteiger partial charge in [-0.3, -0.25) is 14.9 Å². The van der Waals surface area contributed by atoms with Crippen molar-refractivity contribution in [1.82, 2.24) is 15.1 Å². The highest BCUT2D eigenvalue weighted by atomic mass is 16.2. The fourth-order valence-corrected chi connectivity index (χ4v) is 2.31. The van der Waals surface area contributed by atoms with Crippen molar-refractivity contribution in [2.24, 2.45) is 0 Å². The number of rotatable bonds is 2. The van der Waals surface area contributed by atoms with Crippen LogP contribution in [0.1, 0.15) is 26.7 Å². The third-order valence-corrected chi connectivity index (χ3v) is 3.53. The zero-order valence-corrected chi connectivity index (χ0v) is 9.90. The Morgan fingerprint density at radius 3 is 2.88 bits per heavy atom. The van der Waals surface area contributed by atoms with E-state index in [1.165, 1.54) is 0 Å². The van der Waals surface area contributed by atoms with Crippen molar-refractivity contribution >= 4 is 11.8 Å². The van der Waals surface area contributed by atoms with E-state index in [4.69, 9.17) is 0 Å². The van der Waals surface area contributed by atoms with Gasteiger partial charge in [-0.05, 0) is 13.3 Å². The fraction of sp³-hybridized carbons (Fsp3) is 0.818. The van der Waals surface area contributed by atoms with Gasteiger partial charge in [0, 0.05) is 19.0 Å². The lowest BCUT2D eigenvalue weighted by Crippen LogP contribution is -2.66. The molecule has 0 radical (unpaired) electrons. The molecule has 2 aliphatic rings. The van der Waals surface area contributed by atoms with Crippen LogP contribution in [0.2, 0.25) is 0 Å². The summed E-state index contributed by atoms with van der Waals surface area (Å²) in [4.78, 5) is 27.1. The molecular weight excluding hydrogens is 206 g/mol. The number of nitrogens with one attached hydrogen (secondary N) is 1. The van der Waals surface area contributed by atoms with Crippen LogP contribution in [0.15, 0.2) is 0 Å². The summed E-state index contributed by atoms with van der Waals surface area (Å²) in [5.74, 6) is 0.170. The molecule has 0 bridgehead atoms. The van der Waals surface area contributed by atoms with Crippen molar-refractivity contribution < 1.29 is 9.59 Å². The van der Waals surface area contributed by atoms with Gasteiger partial charge in [0.25, 0.3) is 0 Å². The first-order valence-electron chi connectivity index (χ1n) is 5.95. The Balaban J connectivity index is 2.08. The van der Waals surface area contributed by atoms with E-state index >= 15 is 0 Å². The first kappa shape index (κ1) is 11.4. The lowest BCUT2D eigenvalue weighted by molar-refractivity contribution is -0.154. The lowest BCUT2D eigenvalue weighted by Gasteiger charge is -2.45. The van der Waals surface area contributed by atoms with Gasteiger partial charge in [0.05, 0.1) is 6.54 Å². The van der Waals surface area contributed by atoms with Crippen molar-refractivity contribution in [2.75, 3.05) is 19.6 Å². The van der Waals surface area contributed by atoms with Crippen LogP contribution >= 0.6 is 0 Å². The molecule has 0 aromatic rings. The molecular formula is C11H19N3O2. The van der Waals surface area contributed by atoms with Crippen molar-refractivity contribution in [3.05, 3.63) is 0 Å². The van der Waals surface area contributed by atoms with Gasteiger partial charge in [0.15, 0.2) is 0 Å². The van der Waals surface area contributed by atoms with E-state index in [0.29, 0.717) is 13.0 Å². The van der Waals surface area contributed by atoms with Crippen LogP contribution in [0.4, 0.5) is 0 Å². The summed E-state index contributed by atoms with van der Waals surface area (Å²) < 4.78 is 0. The minimum Gasteiger partial charge on any atom is -0.335 e. The monoisotopic (exact) mass is 225 g/mol. The summed E-state index contributed by atoms with van der Waals surface area (Å²) >= 11 is 0. The Morgan fingerprint density at radius 1 is 1.44 bits per heavy atom. The van der Waals surface area contributed by atoms with Crippen molar-refractivity contribution in [2.45, 2.75) is 38.9 Å². The van der Waals surface area contributed by atoms with Gasteiger partial charge in [-0.25, -0.2) is 0 Å². The number of carbonyl (C=O) groups excluding carboxylic acids is 2. The van der Waals surface area contributed by atoms with E-state index in [0.717, 1.165) is 13.0 Å². The van der Waals surface area contributed by atoms with Crippen LogP contribution < -0.4 is 5.32 Å². The maximum Gasteiger partial charge on any atom is 0.242 e. The van der Waals surface area contributed by atoms with Gasteiger partial charge < -0.3 is 9.80 Å². The van der Waals surface area contributed by atoms with Crippen LogP contribution in [-0.4, -0.2) is 53.5 Å². The van der Waals surface area contributed by atoms with E-state index in [1.807, 2.05) is 4.90 Å². The summed E-state index contributed by atoms with van der Waals surface area (Å²) in [5, 5.41) is 3.29. The molecule has 5 heteroatoms. The number of hydrogen-bond acceptors (Lipinski definition) is 3. The summed E-state index contributed by atoms with van der Waals surface area (Å²) in [6.45, 7) is 5.71. The second-order valence-corrected chi connectivity index (χ2v) is 4.54. The number of piperazine rings is 1. The maximum absolute atomic E-state index is 11.9. The summed E-state index contributed by atoms with van der Waals surface area (Å²) in [6, 6.07) is 0.258. The Hall–Kier alpha value is -1.10. The Kier molecular flexibility index (Phi) is 3.14. The molecule has 2 amide bonds. The molecule has 16 heavy (non-hydrogen) atoms.